The molecule has 0 aromatic heterocycles. The zero-order valence-corrected chi connectivity index (χ0v) is 15.8. The van der Waals surface area contributed by atoms with Gasteiger partial charge in [0.15, 0.2) is 6.61 Å². The van der Waals surface area contributed by atoms with E-state index in [1.54, 1.807) is 12.1 Å². The van der Waals surface area contributed by atoms with Crippen LogP contribution in [0.3, 0.4) is 0 Å². The lowest BCUT2D eigenvalue weighted by Gasteiger charge is -2.10. The summed E-state index contributed by atoms with van der Waals surface area (Å²) < 4.78 is 43.3. The quantitative estimate of drug-likeness (QED) is 0.545. The molecule has 2 aromatic rings. The molecule has 0 aliphatic heterocycles. The van der Waals surface area contributed by atoms with Gasteiger partial charge < -0.3 is 10.1 Å². The highest BCUT2D eigenvalue weighted by Gasteiger charge is 2.33. The van der Waals surface area contributed by atoms with Crippen molar-refractivity contribution in [3.63, 3.8) is 0 Å². The van der Waals surface area contributed by atoms with Crippen LogP contribution in [0.15, 0.2) is 42.5 Å². The Labute approximate surface area is 165 Å². The maximum absolute atomic E-state index is 12.8. The first kappa shape index (κ1) is 21.5. The second-order valence-corrected chi connectivity index (χ2v) is 6.38. The lowest BCUT2D eigenvalue weighted by atomic mass is 10.1. The zero-order chi connectivity index (χ0) is 20.9. The molecule has 0 unspecified atom stereocenters. The number of rotatable bonds is 5. The van der Waals surface area contributed by atoms with Crippen molar-refractivity contribution >= 4 is 35.2 Å². The molecule has 4 nitrogen and oxygen atoms in total. The van der Waals surface area contributed by atoms with Crippen LogP contribution in [-0.2, 0) is 20.5 Å². The molecule has 1 N–H and O–H groups in total. The van der Waals surface area contributed by atoms with Gasteiger partial charge in [-0.25, -0.2) is 4.79 Å². The van der Waals surface area contributed by atoms with Gasteiger partial charge in [-0.3, -0.25) is 4.79 Å². The monoisotopic (exact) mass is 411 g/mol. The van der Waals surface area contributed by atoms with Crippen LogP contribution >= 0.6 is 11.6 Å². The summed E-state index contributed by atoms with van der Waals surface area (Å²) in [6.07, 6.45) is -2.52. The Balaban J connectivity index is 1.93. The minimum absolute atomic E-state index is 0.119. The minimum Gasteiger partial charge on any atom is -0.452 e. The van der Waals surface area contributed by atoms with Crippen LogP contribution in [0.5, 0.6) is 0 Å². The molecule has 1 amide bonds. The number of amides is 1. The Morgan fingerprint density at radius 2 is 1.89 bits per heavy atom. The van der Waals surface area contributed by atoms with Crippen LogP contribution in [0.25, 0.3) is 6.08 Å². The summed E-state index contributed by atoms with van der Waals surface area (Å²) in [6, 6.07) is 8.65. The summed E-state index contributed by atoms with van der Waals surface area (Å²) in [5, 5.41) is 2.20. The Morgan fingerprint density at radius 3 is 2.57 bits per heavy atom. The standard InChI is InChI=1S/C20H17ClF3NO3/c1-12-4-3-5-17(13(12)2)25-18(26)11-28-19(27)9-7-14-6-8-16(21)15(10-14)20(22,23)24/h3-10H,11H2,1-2H3,(H,25,26)/b9-7+. The molecule has 0 bridgehead atoms. The SMILES string of the molecule is Cc1cccc(NC(=O)COC(=O)/C=C/c2ccc(Cl)c(C(F)(F)F)c2)c1C. The maximum Gasteiger partial charge on any atom is 0.417 e. The van der Waals surface area contributed by atoms with E-state index in [0.29, 0.717) is 5.69 Å². The van der Waals surface area contributed by atoms with Crippen molar-refractivity contribution in [2.24, 2.45) is 0 Å². The molecule has 0 saturated heterocycles. The zero-order valence-electron chi connectivity index (χ0n) is 15.1. The lowest BCUT2D eigenvalue weighted by molar-refractivity contribution is -0.142. The van der Waals surface area contributed by atoms with Gasteiger partial charge in [-0.1, -0.05) is 29.8 Å². The molecule has 0 spiro atoms. The number of alkyl halides is 3. The number of ether oxygens (including phenoxy) is 1. The van der Waals surface area contributed by atoms with Gasteiger partial charge in [0.05, 0.1) is 10.6 Å². The average molecular weight is 412 g/mol. The normalized spacial score (nSPS) is 11.5. The summed E-state index contributed by atoms with van der Waals surface area (Å²) >= 11 is 5.54. The van der Waals surface area contributed by atoms with E-state index in [0.717, 1.165) is 35.4 Å². The lowest BCUT2D eigenvalue weighted by Crippen LogP contribution is -2.20. The first-order valence-corrected chi connectivity index (χ1v) is 8.53. The van der Waals surface area contributed by atoms with E-state index in [9.17, 15) is 22.8 Å². The molecule has 0 aliphatic carbocycles. The van der Waals surface area contributed by atoms with Crippen LogP contribution in [0.4, 0.5) is 18.9 Å². The van der Waals surface area contributed by atoms with Gasteiger partial charge in [-0.05, 0) is 54.8 Å². The number of hydrogen-bond donors (Lipinski definition) is 1. The molecule has 0 radical (unpaired) electrons. The number of halogens is 4. The highest BCUT2D eigenvalue weighted by molar-refractivity contribution is 6.31. The smallest absolute Gasteiger partial charge is 0.417 e. The molecule has 28 heavy (non-hydrogen) atoms. The topological polar surface area (TPSA) is 55.4 Å². The van der Waals surface area contributed by atoms with E-state index in [4.69, 9.17) is 16.3 Å². The van der Waals surface area contributed by atoms with Crippen LogP contribution in [0.1, 0.15) is 22.3 Å². The molecule has 2 aromatic carbocycles. The van der Waals surface area contributed by atoms with Crippen LogP contribution in [0.2, 0.25) is 5.02 Å². The van der Waals surface area contributed by atoms with E-state index >= 15 is 0 Å². The van der Waals surface area contributed by atoms with E-state index in [1.165, 1.54) is 6.07 Å². The van der Waals surface area contributed by atoms with Crippen molar-refractivity contribution in [2.75, 3.05) is 11.9 Å². The summed E-state index contributed by atoms with van der Waals surface area (Å²) in [5.74, 6) is -1.39. The molecule has 0 aliphatic rings. The third-order valence-corrected chi connectivity index (χ3v) is 4.26. The van der Waals surface area contributed by atoms with Gasteiger partial charge in [0.25, 0.3) is 5.91 Å². The number of benzene rings is 2. The largest absolute Gasteiger partial charge is 0.452 e. The number of aryl methyl sites for hydroxylation is 1. The van der Waals surface area contributed by atoms with Crippen molar-refractivity contribution < 1.29 is 27.5 Å². The van der Waals surface area contributed by atoms with Crippen molar-refractivity contribution in [1.82, 2.24) is 0 Å². The van der Waals surface area contributed by atoms with Crippen LogP contribution in [0, 0.1) is 13.8 Å². The van der Waals surface area contributed by atoms with Gasteiger partial charge in [0.2, 0.25) is 0 Å². The number of nitrogens with one attached hydrogen (secondary N) is 1. The molecule has 0 heterocycles. The maximum atomic E-state index is 12.8. The second kappa shape index (κ2) is 8.93. The summed E-state index contributed by atoms with van der Waals surface area (Å²) in [6.45, 7) is 3.22. The third kappa shape index (κ3) is 5.85. The molecule has 0 atom stereocenters. The molecule has 2 rings (SSSR count). The van der Waals surface area contributed by atoms with E-state index in [2.05, 4.69) is 5.32 Å². The van der Waals surface area contributed by atoms with Crippen molar-refractivity contribution in [1.29, 1.82) is 0 Å². The van der Waals surface area contributed by atoms with Crippen molar-refractivity contribution in [2.45, 2.75) is 20.0 Å². The number of anilines is 1. The van der Waals surface area contributed by atoms with Gasteiger partial charge in [0.1, 0.15) is 0 Å². The highest BCUT2D eigenvalue weighted by atomic mass is 35.5. The number of carbonyl (C=O) groups excluding carboxylic acids is 2. The fraction of sp³-hybridized carbons (Fsp3) is 0.200. The van der Waals surface area contributed by atoms with Gasteiger partial charge in [-0.2, -0.15) is 13.2 Å². The van der Waals surface area contributed by atoms with Gasteiger partial charge in [-0.15, -0.1) is 0 Å². The van der Waals surface area contributed by atoms with Crippen LogP contribution < -0.4 is 5.32 Å². The molecular weight excluding hydrogens is 395 g/mol. The molecule has 0 saturated carbocycles. The second-order valence-electron chi connectivity index (χ2n) is 5.97. The summed E-state index contributed by atoms with van der Waals surface area (Å²) in [5.41, 5.74) is 1.62. The molecule has 148 valence electrons. The van der Waals surface area contributed by atoms with Crippen molar-refractivity contribution in [3.05, 3.63) is 69.8 Å². The fourth-order valence-electron chi connectivity index (χ4n) is 2.29. The Kier molecular flexibility index (Phi) is 6.85. The molecule has 0 fully saturated rings. The summed E-state index contributed by atoms with van der Waals surface area (Å²) in [4.78, 5) is 23.6. The third-order valence-electron chi connectivity index (χ3n) is 3.93. The minimum atomic E-state index is -4.60. The number of carbonyl (C=O) groups is 2. The van der Waals surface area contributed by atoms with E-state index in [-0.39, 0.29) is 5.56 Å². The number of hydrogen-bond acceptors (Lipinski definition) is 3. The van der Waals surface area contributed by atoms with E-state index < -0.39 is 35.2 Å². The Morgan fingerprint density at radius 1 is 1.18 bits per heavy atom. The summed E-state index contributed by atoms with van der Waals surface area (Å²) in [7, 11) is 0. The molecule has 8 heteroatoms. The van der Waals surface area contributed by atoms with Crippen molar-refractivity contribution in [3.8, 4) is 0 Å². The van der Waals surface area contributed by atoms with E-state index in [1.807, 2.05) is 19.9 Å². The highest BCUT2D eigenvalue weighted by Crippen LogP contribution is 2.35. The molecular formula is C20H17ClF3NO3. The predicted octanol–water partition coefficient (Wildman–Crippen LogP) is 5.17. The van der Waals surface area contributed by atoms with Gasteiger partial charge >= 0.3 is 12.1 Å². The van der Waals surface area contributed by atoms with Gasteiger partial charge in [0, 0.05) is 11.8 Å². The van der Waals surface area contributed by atoms with Crippen LogP contribution in [-0.4, -0.2) is 18.5 Å². The average Bonchev–Trinajstić information content (AvgIpc) is 2.62. The first-order valence-electron chi connectivity index (χ1n) is 8.15. The predicted molar refractivity (Wildman–Crippen MR) is 101 cm³/mol. The number of esters is 1. The Bertz CT molecular complexity index is 923. The first-order chi connectivity index (χ1) is 13.1. The Hall–Kier alpha value is -2.80. The fourth-order valence-corrected chi connectivity index (χ4v) is 2.51.